The van der Waals surface area contributed by atoms with E-state index in [1.54, 1.807) is 0 Å². The van der Waals surface area contributed by atoms with Gasteiger partial charge in [-0.1, -0.05) is 6.92 Å². The average Bonchev–Trinajstić information content (AvgIpc) is 2.32. The van der Waals surface area contributed by atoms with Gasteiger partial charge in [-0.3, -0.25) is 9.59 Å². The lowest BCUT2D eigenvalue weighted by Gasteiger charge is -2.13. The van der Waals surface area contributed by atoms with Gasteiger partial charge in [0, 0.05) is 12.5 Å². The largest absolute Gasteiger partial charge is 0.368 e. The van der Waals surface area contributed by atoms with Crippen LogP contribution in [0.15, 0.2) is 0 Å². The molecule has 0 aromatic rings. The summed E-state index contributed by atoms with van der Waals surface area (Å²) in [5, 5.41) is 0. The highest BCUT2D eigenvalue weighted by molar-refractivity contribution is 5.86. The number of amides is 2. The molecule has 0 saturated carbocycles. The molecule has 1 saturated heterocycles. The van der Waals surface area contributed by atoms with Crippen molar-refractivity contribution in [2.45, 2.75) is 19.8 Å². The Morgan fingerprint density at radius 1 is 1.75 bits per heavy atom. The Balaban J connectivity index is 2.49. The van der Waals surface area contributed by atoms with Crippen molar-refractivity contribution in [3.63, 3.8) is 0 Å². The van der Waals surface area contributed by atoms with Crippen LogP contribution >= 0.6 is 0 Å². The van der Waals surface area contributed by atoms with E-state index < -0.39 is 5.91 Å². The van der Waals surface area contributed by atoms with Crippen molar-refractivity contribution in [1.29, 1.82) is 0 Å². The quantitative estimate of drug-likeness (QED) is 0.633. The van der Waals surface area contributed by atoms with Gasteiger partial charge in [-0.25, -0.2) is 0 Å². The molecule has 1 atom stereocenters. The molecule has 4 nitrogen and oxygen atoms in total. The van der Waals surface area contributed by atoms with Gasteiger partial charge in [0.15, 0.2) is 0 Å². The lowest BCUT2D eigenvalue weighted by Crippen LogP contribution is -2.35. The summed E-state index contributed by atoms with van der Waals surface area (Å²) in [7, 11) is 0. The second-order valence-electron chi connectivity index (χ2n) is 3.12. The summed E-state index contributed by atoms with van der Waals surface area (Å²) >= 11 is 0. The molecule has 2 amide bonds. The van der Waals surface area contributed by atoms with Crippen molar-refractivity contribution in [2.75, 3.05) is 13.1 Å². The topological polar surface area (TPSA) is 63.4 Å². The van der Waals surface area contributed by atoms with E-state index in [1.807, 2.05) is 6.92 Å². The molecule has 0 aromatic heterocycles. The van der Waals surface area contributed by atoms with Gasteiger partial charge >= 0.3 is 0 Å². The number of nitrogens with two attached hydrogens (primary N) is 1. The predicted molar refractivity (Wildman–Crippen MR) is 44.2 cm³/mol. The lowest BCUT2D eigenvalue weighted by molar-refractivity contribution is -0.134. The highest BCUT2D eigenvalue weighted by Crippen LogP contribution is 2.19. The minimum absolute atomic E-state index is 0.0787. The second-order valence-corrected chi connectivity index (χ2v) is 3.12. The zero-order valence-electron chi connectivity index (χ0n) is 7.25. The van der Waals surface area contributed by atoms with Crippen LogP contribution in [0.5, 0.6) is 0 Å². The molecule has 0 unspecified atom stereocenters. The van der Waals surface area contributed by atoms with Gasteiger partial charge in [-0.2, -0.15) is 0 Å². The standard InChI is InChI=1S/C8H14N2O2/c1-2-6-3-4-10(8(6)12)5-7(9)11/h6H,2-5H2,1H3,(H2,9,11)/t6-/m0/s1. The Morgan fingerprint density at radius 3 is 2.83 bits per heavy atom. The molecule has 1 fully saturated rings. The van der Waals surface area contributed by atoms with Crippen LogP contribution in [-0.2, 0) is 9.59 Å². The maximum Gasteiger partial charge on any atom is 0.237 e. The van der Waals surface area contributed by atoms with Crippen molar-refractivity contribution in [1.82, 2.24) is 4.90 Å². The molecule has 1 rings (SSSR count). The first-order chi connectivity index (χ1) is 5.65. The molecule has 0 aromatic carbocycles. The molecule has 0 aliphatic carbocycles. The maximum absolute atomic E-state index is 11.4. The normalized spacial score (nSPS) is 23.2. The Bertz CT molecular complexity index is 203. The van der Waals surface area contributed by atoms with Crippen LogP contribution in [-0.4, -0.2) is 29.8 Å². The average molecular weight is 170 g/mol. The van der Waals surface area contributed by atoms with Gasteiger partial charge in [0.2, 0.25) is 11.8 Å². The van der Waals surface area contributed by atoms with Gasteiger partial charge in [0.25, 0.3) is 0 Å². The number of carbonyl (C=O) groups excluding carboxylic acids is 2. The molecular formula is C8H14N2O2. The number of likely N-dealkylation sites (tertiary alicyclic amines) is 1. The van der Waals surface area contributed by atoms with E-state index in [0.29, 0.717) is 6.54 Å². The Hall–Kier alpha value is -1.06. The molecule has 1 heterocycles. The highest BCUT2D eigenvalue weighted by atomic mass is 16.2. The van der Waals surface area contributed by atoms with Crippen molar-refractivity contribution in [2.24, 2.45) is 11.7 Å². The minimum Gasteiger partial charge on any atom is -0.368 e. The molecule has 4 heteroatoms. The van der Waals surface area contributed by atoms with Gasteiger partial charge in [0.05, 0.1) is 6.54 Å². The Kier molecular flexibility index (Phi) is 2.68. The monoisotopic (exact) mass is 170 g/mol. The summed E-state index contributed by atoms with van der Waals surface area (Å²) in [6, 6.07) is 0. The van der Waals surface area contributed by atoms with Crippen LogP contribution in [0.2, 0.25) is 0 Å². The first-order valence-electron chi connectivity index (χ1n) is 4.22. The molecule has 68 valence electrons. The first kappa shape index (κ1) is 9.03. The lowest BCUT2D eigenvalue weighted by atomic mass is 10.1. The van der Waals surface area contributed by atoms with Crippen LogP contribution in [0, 0.1) is 5.92 Å². The fraction of sp³-hybridized carbons (Fsp3) is 0.750. The van der Waals surface area contributed by atoms with Gasteiger partial charge in [0.1, 0.15) is 0 Å². The van der Waals surface area contributed by atoms with Crippen LogP contribution in [0.3, 0.4) is 0 Å². The highest BCUT2D eigenvalue weighted by Gasteiger charge is 2.30. The summed E-state index contributed by atoms with van der Waals surface area (Å²) < 4.78 is 0. The molecule has 2 N–H and O–H groups in total. The summed E-state index contributed by atoms with van der Waals surface area (Å²) in [5.74, 6) is -0.235. The van der Waals surface area contributed by atoms with Crippen LogP contribution in [0.4, 0.5) is 0 Å². The van der Waals surface area contributed by atoms with Crippen molar-refractivity contribution >= 4 is 11.8 Å². The molecule has 0 spiro atoms. The number of nitrogens with zero attached hydrogens (tertiary/aromatic N) is 1. The van der Waals surface area contributed by atoms with Crippen molar-refractivity contribution in [3.05, 3.63) is 0 Å². The number of hydrogen-bond acceptors (Lipinski definition) is 2. The SMILES string of the molecule is CC[C@H]1CCN(CC(N)=O)C1=O. The smallest absolute Gasteiger partial charge is 0.237 e. The van der Waals surface area contributed by atoms with Crippen LogP contribution in [0.25, 0.3) is 0 Å². The van der Waals surface area contributed by atoms with Crippen molar-refractivity contribution < 1.29 is 9.59 Å². The van der Waals surface area contributed by atoms with Gasteiger partial charge < -0.3 is 10.6 Å². The predicted octanol–water partition coefficient (Wildman–Crippen LogP) is -0.270. The zero-order chi connectivity index (χ0) is 9.14. The van der Waals surface area contributed by atoms with E-state index in [2.05, 4.69) is 0 Å². The third-order valence-electron chi connectivity index (χ3n) is 2.25. The molecular weight excluding hydrogens is 156 g/mol. The first-order valence-corrected chi connectivity index (χ1v) is 4.22. The second kappa shape index (κ2) is 3.56. The molecule has 0 radical (unpaired) electrons. The van der Waals surface area contributed by atoms with E-state index in [0.717, 1.165) is 12.8 Å². The Morgan fingerprint density at radius 2 is 2.42 bits per heavy atom. The zero-order valence-corrected chi connectivity index (χ0v) is 7.25. The number of rotatable bonds is 3. The fourth-order valence-corrected chi connectivity index (χ4v) is 1.53. The third kappa shape index (κ3) is 1.75. The number of primary amides is 1. The summed E-state index contributed by atoms with van der Waals surface area (Å²) in [5.41, 5.74) is 4.99. The molecule has 12 heavy (non-hydrogen) atoms. The van der Waals surface area contributed by atoms with Gasteiger partial charge in [-0.05, 0) is 12.8 Å². The third-order valence-corrected chi connectivity index (χ3v) is 2.25. The van der Waals surface area contributed by atoms with E-state index in [9.17, 15) is 9.59 Å². The molecule has 1 aliphatic rings. The van der Waals surface area contributed by atoms with E-state index in [4.69, 9.17) is 5.73 Å². The summed E-state index contributed by atoms with van der Waals surface area (Å²) in [6.45, 7) is 2.74. The van der Waals surface area contributed by atoms with Gasteiger partial charge in [-0.15, -0.1) is 0 Å². The maximum atomic E-state index is 11.4. The molecule has 0 bridgehead atoms. The fourth-order valence-electron chi connectivity index (χ4n) is 1.53. The Labute approximate surface area is 71.7 Å². The minimum atomic E-state index is -0.430. The number of carbonyl (C=O) groups is 2. The van der Waals surface area contributed by atoms with E-state index in [1.165, 1.54) is 4.90 Å². The van der Waals surface area contributed by atoms with Crippen LogP contribution < -0.4 is 5.73 Å². The van der Waals surface area contributed by atoms with E-state index in [-0.39, 0.29) is 18.4 Å². The summed E-state index contributed by atoms with van der Waals surface area (Å²) in [6.07, 6.45) is 1.72. The summed E-state index contributed by atoms with van der Waals surface area (Å²) in [4.78, 5) is 23.5. The number of hydrogen-bond donors (Lipinski definition) is 1. The van der Waals surface area contributed by atoms with Crippen LogP contribution in [0.1, 0.15) is 19.8 Å². The van der Waals surface area contributed by atoms with E-state index >= 15 is 0 Å². The molecule has 1 aliphatic heterocycles. The van der Waals surface area contributed by atoms with Crippen molar-refractivity contribution in [3.8, 4) is 0 Å².